The summed E-state index contributed by atoms with van der Waals surface area (Å²) in [4.78, 5) is 25.5. The van der Waals surface area contributed by atoms with Gasteiger partial charge in [-0.1, -0.05) is 29.8 Å². The second kappa shape index (κ2) is 9.48. The average molecular weight is 500 g/mol. The van der Waals surface area contributed by atoms with E-state index in [9.17, 15) is 18.0 Å². The van der Waals surface area contributed by atoms with Crippen molar-refractivity contribution >= 4 is 39.1 Å². The molecular formula is C25H22ClNO6S. The van der Waals surface area contributed by atoms with Crippen molar-refractivity contribution in [2.45, 2.75) is 24.3 Å². The standard InChI is InChI=1S/C25H22ClNO6S/c1-16(24(28)18-7-9-19(26)10-8-18)33-25(29)21-15-20(11-12-23(21)32-2)34(30,31)27-14-13-17-5-3-4-6-22(17)27/h3-12,15-16H,13-14H2,1-2H3. The van der Waals surface area contributed by atoms with Gasteiger partial charge in [-0.15, -0.1) is 0 Å². The molecule has 9 heteroatoms. The predicted octanol–water partition coefficient (Wildman–Crippen LogP) is 4.53. The number of esters is 1. The summed E-state index contributed by atoms with van der Waals surface area (Å²) in [6.07, 6.45) is -0.505. The molecule has 0 fully saturated rings. The number of hydrogen-bond acceptors (Lipinski definition) is 6. The summed E-state index contributed by atoms with van der Waals surface area (Å²) in [6, 6.07) is 17.5. The van der Waals surface area contributed by atoms with Crippen LogP contribution in [0.3, 0.4) is 0 Å². The van der Waals surface area contributed by atoms with Crippen LogP contribution in [0, 0.1) is 0 Å². The Bertz CT molecular complexity index is 1350. The monoisotopic (exact) mass is 499 g/mol. The Hall–Kier alpha value is -3.36. The Morgan fingerprint density at radius 3 is 2.44 bits per heavy atom. The van der Waals surface area contributed by atoms with E-state index >= 15 is 0 Å². The summed E-state index contributed by atoms with van der Waals surface area (Å²) in [6.45, 7) is 1.75. The van der Waals surface area contributed by atoms with Gasteiger partial charge in [-0.05, 0) is 67.4 Å². The van der Waals surface area contributed by atoms with Gasteiger partial charge in [0.15, 0.2) is 6.10 Å². The van der Waals surface area contributed by atoms with Crippen LogP contribution < -0.4 is 9.04 Å². The van der Waals surface area contributed by atoms with E-state index in [2.05, 4.69) is 0 Å². The molecule has 1 atom stereocenters. The smallest absolute Gasteiger partial charge is 0.342 e. The highest BCUT2D eigenvalue weighted by Crippen LogP contribution is 2.34. The molecule has 0 amide bonds. The number of rotatable bonds is 7. The summed E-state index contributed by atoms with van der Waals surface area (Å²) in [7, 11) is -2.57. The molecule has 176 valence electrons. The highest BCUT2D eigenvalue weighted by atomic mass is 35.5. The Kier molecular flexibility index (Phi) is 6.63. The van der Waals surface area contributed by atoms with Gasteiger partial charge in [-0.3, -0.25) is 9.10 Å². The molecule has 1 aliphatic heterocycles. The van der Waals surface area contributed by atoms with E-state index in [1.807, 2.05) is 12.1 Å². The van der Waals surface area contributed by atoms with E-state index in [1.54, 1.807) is 24.3 Å². The van der Waals surface area contributed by atoms with E-state index in [0.717, 1.165) is 5.56 Å². The zero-order valence-electron chi connectivity index (χ0n) is 18.5. The first kappa shape index (κ1) is 23.8. The lowest BCUT2D eigenvalue weighted by molar-refractivity contribution is 0.0315. The number of carbonyl (C=O) groups excluding carboxylic acids is 2. The zero-order valence-corrected chi connectivity index (χ0v) is 20.1. The molecule has 1 unspecified atom stereocenters. The van der Waals surface area contributed by atoms with Crippen molar-refractivity contribution in [2.75, 3.05) is 18.0 Å². The van der Waals surface area contributed by atoms with Crippen molar-refractivity contribution in [2.24, 2.45) is 0 Å². The summed E-state index contributed by atoms with van der Waals surface area (Å²) in [5.74, 6) is -1.15. The zero-order chi connectivity index (χ0) is 24.5. The number of carbonyl (C=O) groups is 2. The van der Waals surface area contributed by atoms with Gasteiger partial charge >= 0.3 is 5.97 Å². The third-order valence-electron chi connectivity index (χ3n) is 5.61. The largest absolute Gasteiger partial charge is 0.496 e. The number of Topliss-reactive ketones (excluding diaryl/α,β-unsaturated/α-hetero) is 1. The molecule has 0 saturated heterocycles. The second-order valence-corrected chi connectivity index (χ2v) is 10.0. The number of para-hydroxylation sites is 1. The first-order valence-corrected chi connectivity index (χ1v) is 12.3. The fourth-order valence-corrected chi connectivity index (χ4v) is 5.47. The third-order valence-corrected chi connectivity index (χ3v) is 7.67. The van der Waals surface area contributed by atoms with Crippen molar-refractivity contribution in [3.8, 4) is 5.75 Å². The minimum absolute atomic E-state index is 0.0753. The van der Waals surface area contributed by atoms with Crippen LogP contribution in [-0.2, 0) is 21.2 Å². The molecule has 0 N–H and O–H groups in total. The lowest BCUT2D eigenvalue weighted by Crippen LogP contribution is -2.29. The quantitative estimate of drug-likeness (QED) is 0.350. The number of methoxy groups -OCH3 is 1. The topological polar surface area (TPSA) is 90.0 Å². The molecule has 34 heavy (non-hydrogen) atoms. The molecule has 0 bridgehead atoms. The number of anilines is 1. The molecule has 0 aliphatic carbocycles. The van der Waals surface area contributed by atoms with Crippen molar-refractivity contribution in [3.63, 3.8) is 0 Å². The molecule has 0 spiro atoms. The highest BCUT2D eigenvalue weighted by Gasteiger charge is 2.32. The number of ketones is 1. The number of nitrogens with zero attached hydrogens (tertiary/aromatic N) is 1. The molecule has 1 aliphatic rings. The Balaban J connectivity index is 1.60. The molecule has 4 rings (SSSR count). The van der Waals surface area contributed by atoms with Crippen LogP contribution in [0.15, 0.2) is 71.6 Å². The molecule has 7 nitrogen and oxygen atoms in total. The number of sulfonamides is 1. The van der Waals surface area contributed by atoms with Gasteiger partial charge in [0.25, 0.3) is 10.0 Å². The van der Waals surface area contributed by atoms with Crippen LogP contribution >= 0.6 is 11.6 Å². The maximum atomic E-state index is 13.4. The Labute approximate surface area is 202 Å². The molecule has 1 heterocycles. The minimum atomic E-state index is -3.93. The molecule has 0 aromatic heterocycles. The van der Waals surface area contributed by atoms with Gasteiger partial charge in [0, 0.05) is 17.1 Å². The number of ether oxygens (including phenoxy) is 2. The van der Waals surface area contributed by atoms with Gasteiger partial charge in [0.05, 0.1) is 17.7 Å². The maximum Gasteiger partial charge on any atom is 0.342 e. The fourth-order valence-electron chi connectivity index (χ4n) is 3.82. The van der Waals surface area contributed by atoms with E-state index in [-0.39, 0.29) is 16.2 Å². The van der Waals surface area contributed by atoms with Gasteiger partial charge in [0.2, 0.25) is 5.78 Å². The lowest BCUT2D eigenvalue weighted by atomic mass is 10.1. The van der Waals surface area contributed by atoms with Gasteiger partial charge in [-0.2, -0.15) is 0 Å². The summed E-state index contributed by atoms with van der Waals surface area (Å²) in [5, 5.41) is 0.476. The Morgan fingerprint density at radius 1 is 1.03 bits per heavy atom. The summed E-state index contributed by atoms with van der Waals surface area (Å²) >= 11 is 5.86. The summed E-state index contributed by atoms with van der Waals surface area (Å²) in [5.41, 5.74) is 1.80. The highest BCUT2D eigenvalue weighted by molar-refractivity contribution is 7.92. The van der Waals surface area contributed by atoms with Crippen LogP contribution in [0.25, 0.3) is 0 Å². The van der Waals surface area contributed by atoms with Gasteiger partial charge < -0.3 is 9.47 Å². The molecule has 3 aromatic rings. The summed E-state index contributed by atoms with van der Waals surface area (Å²) < 4.78 is 38.7. The molecule has 0 saturated carbocycles. The average Bonchev–Trinajstić information content (AvgIpc) is 3.28. The van der Waals surface area contributed by atoms with Crippen molar-refractivity contribution in [1.29, 1.82) is 0 Å². The van der Waals surface area contributed by atoms with Gasteiger partial charge in [0.1, 0.15) is 11.3 Å². The van der Waals surface area contributed by atoms with E-state index in [1.165, 1.54) is 48.7 Å². The van der Waals surface area contributed by atoms with Crippen LogP contribution in [0.1, 0.15) is 33.2 Å². The minimum Gasteiger partial charge on any atom is -0.496 e. The molecule has 3 aromatic carbocycles. The van der Waals surface area contributed by atoms with Crippen LogP contribution in [0.2, 0.25) is 5.02 Å². The first-order chi connectivity index (χ1) is 16.2. The normalized spacial score (nSPS) is 13.8. The van der Waals surface area contributed by atoms with E-state index in [0.29, 0.717) is 29.2 Å². The van der Waals surface area contributed by atoms with Crippen LogP contribution in [0.5, 0.6) is 5.75 Å². The lowest BCUT2D eigenvalue weighted by Gasteiger charge is -2.20. The fraction of sp³-hybridized carbons (Fsp3) is 0.200. The Morgan fingerprint density at radius 2 is 1.74 bits per heavy atom. The van der Waals surface area contributed by atoms with Crippen LogP contribution in [-0.4, -0.2) is 39.9 Å². The van der Waals surface area contributed by atoms with E-state index < -0.39 is 27.9 Å². The van der Waals surface area contributed by atoms with Crippen LogP contribution in [0.4, 0.5) is 5.69 Å². The van der Waals surface area contributed by atoms with E-state index in [4.69, 9.17) is 21.1 Å². The van der Waals surface area contributed by atoms with Gasteiger partial charge in [-0.25, -0.2) is 13.2 Å². The number of fused-ring (bicyclic) bond motifs is 1. The SMILES string of the molecule is COc1ccc(S(=O)(=O)N2CCc3ccccc32)cc1C(=O)OC(C)C(=O)c1ccc(Cl)cc1. The van der Waals surface area contributed by atoms with Crippen molar-refractivity contribution in [1.82, 2.24) is 0 Å². The molecule has 0 radical (unpaired) electrons. The molecular weight excluding hydrogens is 478 g/mol. The predicted molar refractivity (Wildman–Crippen MR) is 128 cm³/mol. The van der Waals surface area contributed by atoms with Crippen molar-refractivity contribution < 1.29 is 27.5 Å². The number of halogens is 1. The third kappa shape index (κ3) is 4.51. The second-order valence-electron chi connectivity index (χ2n) is 7.74. The number of hydrogen-bond donors (Lipinski definition) is 0. The maximum absolute atomic E-state index is 13.4. The number of benzene rings is 3. The first-order valence-electron chi connectivity index (χ1n) is 10.5. The van der Waals surface area contributed by atoms with Crippen molar-refractivity contribution in [3.05, 3.63) is 88.4 Å².